The molecule has 120 valence electrons. The Kier molecular flexibility index (Phi) is 5.15. The van der Waals surface area contributed by atoms with Crippen molar-refractivity contribution in [2.45, 2.75) is 13.0 Å². The fourth-order valence-corrected chi connectivity index (χ4v) is 2.68. The second kappa shape index (κ2) is 6.89. The molecule has 0 bridgehead atoms. The molecule has 0 unspecified atom stereocenters. The maximum absolute atomic E-state index is 5.40. The molecule has 0 spiro atoms. The molecule has 7 heteroatoms. The summed E-state index contributed by atoms with van der Waals surface area (Å²) in [5, 5.41) is 11.0. The predicted octanol–water partition coefficient (Wildman–Crippen LogP) is 2.17. The molecular formula is C15H20ClN3O3. The van der Waals surface area contributed by atoms with E-state index >= 15 is 0 Å². The molecular weight excluding hydrogens is 306 g/mol. The molecule has 0 atom stereocenters. The highest BCUT2D eigenvalue weighted by Crippen LogP contribution is 2.41. The maximum Gasteiger partial charge on any atom is 0.203 e. The average Bonchev–Trinajstić information content (AvgIpc) is 2.97. The molecule has 1 aliphatic rings. The van der Waals surface area contributed by atoms with Gasteiger partial charge >= 0.3 is 0 Å². The first-order valence-electron chi connectivity index (χ1n) is 6.85. The third-order valence-corrected chi connectivity index (χ3v) is 3.74. The predicted molar refractivity (Wildman–Crippen MR) is 86.3 cm³/mol. The van der Waals surface area contributed by atoms with E-state index in [1.807, 2.05) is 12.1 Å². The van der Waals surface area contributed by atoms with Gasteiger partial charge in [0.2, 0.25) is 5.75 Å². The van der Waals surface area contributed by atoms with Crippen LogP contribution < -0.4 is 19.5 Å². The van der Waals surface area contributed by atoms with Gasteiger partial charge in [0.25, 0.3) is 0 Å². The summed E-state index contributed by atoms with van der Waals surface area (Å²) in [5.74, 6) is 1.85. The number of hydrogen-bond acceptors (Lipinski definition) is 5. The van der Waals surface area contributed by atoms with Gasteiger partial charge < -0.3 is 19.5 Å². The number of fused-ring (bicyclic) bond motifs is 1. The quantitative estimate of drug-likeness (QED) is 0.901. The van der Waals surface area contributed by atoms with Crippen molar-refractivity contribution in [3.8, 4) is 28.5 Å². The first-order chi connectivity index (χ1) is 10.3. The van der Waals surface area contributed by atoms with Crippen molar-refractivity contribution in [1.82, 2.24) is 15.5 Å². The minimum Gasteiger partial charge on any atom is -0.493 e. The van der Waals surface area contributed by atoms with Crippen molar-refractivity contribution in [2.75, 3.05) is 27.9 Å². The zero-order valence-corrected chi connectivity index (χ0v) is 13.7. The summed E-state index contributed by atoms with van der Waals surface area (Å²) in [7, 11) is 4.83. The third-order valence-electron chi connectivity index (χ3n) is 3.74. The van der Waals surface area contributed by atoms with Crippen molar-refractivity contribution < 1.29 is 14.2 Å². The van der Waals surface area contributed by atoms with Crippen LogP contribution in [0.1, 0.15) is 11.3 Å². The molecule has 2 N–H and O–H groups in total. The second-order valence-corrected chi connectivity index (χ2v) is 4.87. The van der Waals surface area contributed by atoms with Gasteiger partial charge in [-0.2, -0.15) is 5.10 Å². The first kappa shape index (κ1) is 16.5. The first-order valence-corrected chi connectivity index (χ1v) is 6.85. The molecule has 1 aromatic heterocycles. The van der Waals surface area contributed by atoms with Crippen LogP contribution in [0.15, 0.2) is 12.1 Å². The Morgan fingerprint density at radius 2 is 1.73 bits per heavy atom. The van der Waals surface area contributed by atoms with Crippen molar-refractivity contribution in [3.63, 3.8) is 0 Å². The molecule has 3 rings (SSSR count). The minimum absolute atomic E-state index is 0. The Balaban J connectivity index is 0.00000176. The largest absolute Gasteiger partial charge is 0.493 e. The van der Waals surface area contributed by atoms with E-state index in [1.54, 1.807) is 21.3 Å². The second-order valence-electron chi connectivity index (χ2n) is 4.87. The van der Waals surface area contributed by atoms with Crippen LogP contribution in [0.3, 0.4) is 0 Å². The van der Waals surface area contributed by atoms with Crippen LogP contribution >= 0.6 is 12.4 Å². The third kappa shape index (κ3) is 2.71. The van der Waals surface area contributed by atoms with Crippen LogP contribution in [0.2, 0.25) is 0 Å². The van der Waals surface area contributed by atoms with Crippen LogP contribution in [-0.4, -0.2) is 38.1 Å². The average molecular weight is 326 g/mol. The van der Waals surface area contributed by atoms with Crippen molar-refractivity contribution in [1.29, 1.82) is 0 Å². The van der Waals surface area contributed by atoms with Gasteiger partial charge in [0.05, 0.1) is 27.0 Å². The van der Waals surface area contributed by atoms with Gasteiger partial charge in [0.15, 0.2) is 11.5 Å². The minimum atomic E-state index is 0. The zero-order chi connectivity index (χ0) is 14.8. The number of benzene rings is 1. The van der Waals surface area contributed by atoms with E-state index in [-0.39, 0.29) is 12.4 Å². The molecule has 1 aromatic carbocycles. The zero-order valence-electron chi connectivity index (χ0n) is 12.9. The molecule has 22 heavy (non-hydrogen) atoms. The summed E-state index contributed by atoms with van der Waals surface area (Å²) in [5.41, 5.74) is 4.27. The monoisotopic (exact) mass is 325 g/mol. The van der Waals surface area contributed by atoms with Crippen LogP contribution in [0, 0.1) is 0 Å². The molecule has 1 aliphatic heterocycles. The van der Waals surface area contributed by atoms with Gasteiger partial charge in [-0.1, -0.05) is 0 Å². The van der Waals surface area contributed by atoms with Gasteiger partial charge in [0.1, 0.15) is 0 Å². The summed E-state index contributed by atoms with van der Waals surface area (Å²) in [6.07, 6.45) is 0.965. The highest BCUT2D eigenvalue weighted by atomic mass is 35.5. The van der Waals surface area contributed by atoms with E-state index in [9.17, 15) is 0 Å². The Bertz CT molecular complexity index is 632. The highest BCUT2D eigenvalue weighted by Gasteiger charge is 2.21. The normalized spacial score (nSPS) is 13.0. The lowest BCUT2D eigenvalue weighted by Crippen LogP contribution is -2.23. The molecule has 0 radical (unpaired) electrons. The van der Waals surface area contributed by atoms with Crippen molar-refractivity contribution in [2.24, 2.45) is 0 Å². The van der Waals surface area contributed by atoms with E-state index < -0.39 is 0 Å². The highest BCUT2D eigenvalue weighted by molar-refractivity contribution is 5.85. The van der Waals surface area contributed by atoms with E-state index in [4.69, 9.17) is 14.2 Å². The Morgan fingerprint density at radius 1 is 1.05 bits per heavy atom. The summed E-state index contributed by atoms with van der Waals surface area (Å²) in [6.45, 7) is 1.79. The van der Waals surface area contributed by atoms with Crippen LogP contribution in [0.4, 0.5) is 0 Å². The van der Waals surface area contributed by atoms with E-state index in [2.05, 4.69) is 15.5 Å². The number of rotatable bonds is 4. The molecule has 0 aliphatic carbocycles. The Labute approximate surface area is 135 Å². The van der Waals surface area contributed by atoms with Crippen LogP contribution in [-0.2, 0) is 13.0 Å². The molecule has 6 nitrogen and oxygen atoms in total. The van der Waals surface area contributed by atoms with E-state index in [0.29, 0.717) is 17.2 Å². The number of halogens is 1. The molecule has 0 amide bonds. The lowest BCUT2D eigenvalue weighted by atomic mass is 10.0. The molecule has 0 saturated carbocycles. The summed E-state index contributed by atoms with van der Waals surface area (Å²) in [6, 6.07) is 3.85. The van der Waals surface area contributed by atoms with Gasteiger partial charge in [-0.05, 0) is 12.1 Å². The van der Waals surface area contributed by atoms with E-state index in [0.717, 1.165) is 30.8 Å². The summed E-state index contributed by atoms with van der Waals surface area (Å²) >= 11 is 0. The van der Waals surface area contributed by atoms with Gasteiger partial charge in [-0.3, -0.25) is 5.10 Å². The lowest BCUT2D eigenvalue weighted by Gasteiger charge is -2.15. The van der Waals surface area contributed by atoms with Gasteiger partial charge in [-0.25, -0.2) is 0 Å². The van der Waals surface area contributed by atoms with Crippen LogP contribution in [0.25, 0.3) is 11.3 Å². The summed E-state index contributed by atoms with van der Waals surface area (Å²) < 4.78 is 16.2. The maximum atomic E-state index is 5.40. The molecule has 0 saturated heterocycles. The van der Waals surface area contributed by atoms with E-state index in [1.165, 1.54) is 11.3 Å². The Hall–Kier alpha value is -1.92. The number of H-pyrrole nitrogens is 1. The summed E-state index contributed by atoms with van der Waals surface area (Å²) in [4.78, 5) is 0. The van der Waals surface area contributed by atoms with Crippen molar-refractivity contribution >= 4 is 12.4 Å². The molecule has 0 fully saturated rings. The standard InChI is InChI=1S/C15H19N3O3.ClH/c1-19-12-6-9(7-13(20-2)15(12)21-3)14-10-8-16-5-4-11(10)17-18-14;/h6-7,16H,4-5,8H2,1-3H3,(H,17,18);1H. The number of aromatic amines is 1. The number of hydrogen-bond donors (Lipinski definition) is 2. The van der Waals surface area contributed by atoms with Gasteiger partial charge in [0, 0.05) is 36.3 Å². The fourth-order valence-electron chi connectivity index (χ4n) is 2.68. The van der Waals surface area contributed by atoms with Crippen LogP contribution in [0.5, 0.6) is 17.2 Å². The smallest absolute Gasteiger partial charge is 0.203 e. The van der Waals surface area contributed by atoms with Gasteiger partial charge in [-0.15, -0.1) is 12.4 Å². The Morgan fingerprint density at radius 3 is 2.32 bits per heavy atom. The number of nitrogens with one attached hydrogen (secondary N) is 2. The lowest BCUT2D eigenvalue weighted by molar-refractivity contribution is 0.324. The number of methoxy groups -OCH3 is 3. The SMILES string of the molecule is COc1cc(-c2n[nH]c3c2CNCC3)cc(OC)c1OC.Cl. The number of aromatic nitrogens is 2. The molecule has 2 heterocycles. The fraction of sp³-hybridized carbons (Fsp3) is 0.400. The topological polar surface area (TPSA) is 68.4 Å². The number of ether oxygens (including phenoxy) is 3. The van der Waals surface area contributed by atoms with Crippen molar-refractivity contribution in [3.05, 3.63) is 23.4 Å². The molecule has 2 aromatic rings. The number of nitrogens with zero attached hydrogens (tertiary/aromatic N) is 1.